The highest BCUT2D eigenvalue weighted by atomic mass is 19.1. The Labute approximate surface area is 141 Å². The van der Waals surface area contributed by atoms with Crippen molar-refractivity contribution in [3.05, 3.63) is 65.9 Å². The molecule has 1 aliphatic heterocycles. The number of likely N-dealkylation sites (tertiary alicyclic amines) is 1. The monoisotopic (exact) mass is 328 g/mol. The number of amides is 1. The lowest BCUT2D eigenvalue weighted by Crippen LogP contribution is -2.36. The average Bonchev–Trinajstić information content (AvgIpc) is 3.29. The Morgan fingerprint density at radius 1 is 1.25 bits per heavy atom. The van der Waals surface area contributed by atoms with Crippen molar-refractivity contribution in [2.75, 3.05) is 19.6 Å². The maximum absolute atomic E-state index is 12.9. The van der Waals surface area contributed by atoms with E-state index in [1.165, 1.54) is 31.1 Å². The van der Waals surface area contributed by atoms with Crippen molar-refractivity contribution < 1.29 is 13.6 Å². The summed E-state index contributed by atoms with van der Waals surface area (Å²) < 4.78 is 18.4. The molecule has 126 valence electrons. The Morgan fingerprint density at radius 2 is 2.00 bits per heavy atom. The number of carbonyl (C=O) groups is 1. The quantitative estimate of drug-likeness (QED) is 0.827. The predicted molar refractivity (Wildman–Crippen MR) is 90.7 cm³/mol. The molecule has 1 aromatic carbocycles. The molecule has 3 rings (SSSR count). The van der Waals surface area contributed by atoms with Gasteiger partial charge in [-0.1, -0.05) is 12.1 Å². The van der Waals surface area contributed by atoms with Gasteiger partial charge >= 0.3 is 0 Å². The van der Waals surface area contributed by atoms with Gasteiger partial charge in [0.15, 0.2) is 0 Å². The fourth-order valence-corrected chi connectivity index (χ4v) is 2.95. The Morgan fingerprint density at radius 3 is 2.67 bits per heavy atom. The van der Waals surface area contributed by atoms with Gasteiger partial charge in [-0.15, -0.1) is 0 Å². The molecule has 24 heavy (non-hydrogen) atoms. The Hall–Kier alpha value is -2.40. The lowest BCUT2D eigenvalue weighted by atomic mass is 10.2. The number of benzene rings is 1. The lowest BCUT2D eigenvalue weighted by Gasteiger charge is -2.25. The number of rotatable bonds is 6. The molecule has 0 saturated carbocycles. The molecule has 1 aromatic heterocycles. The van der Waals surface area contributed by atoms with Crippen LogP contribution in [-0.2, 0) is 4.79 Å². The fourth-order valence-electron chi connectivity index (χ4n) is 2.95. The number of nitrogens with zero attached hydrogens (tertiary/aromatic N) is 1. The van der Waals surface area contributed by atoms with E-state index < -0.39 is 0 Å². The van der Waals surface area contributed by atoms with Crippen molar-refractivity contribution >= 4 is 12.0 Å². The summed E-state index contributed by atoms with van der Waals surface area (Å²) in [4.78, 5) is 14.4. The van der Waals surface area contributed by atoms with Gasteiger partial charge in [0.25, 0.3) is 0 Å². The van der Waals surface area contributed by atoms with Crippen LogP contribution in [0, 0.1) is 5.82 Å². The van der Waals surface area contributed by atoms with Crippen LogP contribution in [-0.4, -0.2) is 30.4 Å². The van der Waals surface area contributed by atoms with Crippen LogP contribution < -0.4 is 5.32 Å². The molecule has 0 aliphatic carbocycles. The first-order valence-electron chi connectivity index (χ1n) is 8.21. The SMILES string of the molecule is O=C(/C=C/c1ccc(F)cc1)NC[C@@H](c1ccco1)N1CCCC1. The molecule has 1 N–H and O–H groups in total. The highest BCUT2D eigenvalue weighted by Gasteiger charge is 2.25. The molecule has 0 spiro atoms. The molecule has 4 nitrogen and oxygen atoms in total. The van der Waals surface area contributed by atoms with Gasteiger partial charge in [-0.2, -0.15) is 0 Å². The number of hydrogen-bond acceptors (Lipinski definition) is 3. The minimum Gasteiger partial charge on any atom is -0.468 e. The van der Waals surface area contributed by atoms with Crippen LogP contribution in [0.4, 0.5) is 4.39 Å². The normalized spacial score (nSPS) is 16.5. The van der Waals surface area contributed by atoms with Crippen LogP contribution >= 0.6 is 0 Å². The maximum Gasteiger partial charge on any atom is 0.244 e. The van der Waals surface area contributed by atoms with E-state index in [-0.39, 0.29) is 17.8 Å². The summed E-state index contributed by atoms with van der Waals surface area (Å²) in [5, 5.41) is 2.93. The number of halogens is 1. The summed E-state index contributed by atoms with van der Waals surface area (Å²) in [7, 11) is 0. The number of nitrogens with one attached hydrogen (secondary N) is 1. The molecule has 0 radical (unpaired) electrons. The molecule has 1 aliphatic rings. The summed E-state index contributed by atoms with van der Waals surface area (Å²) in [6.07, 6.45) is 7.16. The molecule has 0 bridgehead atoms. The van der Waals surface area contributed by atoms with E-state index in [1.54, 1.807) is 24.5 Å². The molecule has 1 atom stereocenters. The van der Waals surface area contributed by atoms with E-state index in [9.17, 15) is 9.18 Å². The van der Waals surface area contributed by atoms with Crippen LogP contribution in [0.5, 0.6) is 0 Å². The van der Waals surface area contributed by atoms with Gasteiger partial charge in [0.1, 0.15) is 11.6 Å². The van der Waals surface area contributed by atoms with Crippen molar-refractivity contribution in [2.24, 2.45) is 0 Å². The predicted octanol–water partition coefficient (Wildman–Crippen LogP) is 3.39. The van der Waals surface area contributed by atoms with Gasteiger partial charge in [-0.3, -0.25) is 9.69 Å². The fraction of sp³-hybridized carbons (Fsp3) is 0.316. The second kappa shape index (κ2) is 7.93. The number of carbonyl (C=O) groups excluding carboxylic acids is 1. The number of furan rings is 1. The lowest BCUT2D eigenvalue weighted by molar-refractivity contribution is -0.116. The van der Waals surface area contributed by atoms with Crippen molar-refractivity contribution in [1.82, 2.24) is 10.2 Å². The highest BCUT2D eigenvalue weighted by Crippen LogP contribution is 2.24. The maximum atomic E-state index is 12.9. The summed E-state index contributed by atoms with van der Waals surface area (Å²) in [6, 6.07) is 9.89. The second-order valence-corrected chi connectivity index (χ2v) is 5.90. The van der Waals surface area contributed by atoms with Crippen molar-refractivity contribution in [1.29, 1.82) is 0 Å². The van der Waals surface area contributed by atoms with E-state index in [1.807, 2.05) is 12.1 Å². The van der Waals surface area contributed by atoms with Gasteiger partial charge in [0.05, 0.1) is 12.3 Å². The summed E-state index contributed by atoms with van der Waals surface area (Å²) >= 11 is 0. The van der Waals surface area contributed by atoms with Crippen LogP contribution in [0.15, 0.2) is 53.2 Å². The molecule has 5 heteroatoms. The first kappa shape index (κ1) is 16.5. The summed E-state index contributed by atoms with van der Waals surface area (Å²) in [5.74, 6) is 0.415. The molecule has 0 unspecified atom stereocenters. The van der Waals surface area contributed by atoms with E-state index in [0.29, 0.717) is 6.54 Å². The van der Waals surface area contributed by atoms with Gasteiger partial charge in [0, 0.05) is 12.6 Å². The van der Waals surface area contributed by atoms with Crippen LogP contribution in [0.3, 0.4) is 0 Å². The third kappa shape index (κ3) is 4.32. The summed E-state index contributed by atoms with van der Waals surface area (Å²) in [6.45, 7) is 2.54. The minimum absolute atomic E-state index is 0.0608. The molecule has 2 heterocycles. The summed E-state index contributed by atoms with van der Waals surface area (Å²) in [5.41, 5.74) is 0.786. The highest BCUT2D eigenvalue weighted by molar-refractivity contribution is 5.91. The Bertz CT molecular complexity index is 674. The van der Waals surface area contributed by atoms with Crippen molar-refractivity contribution in [3.8, 4) is 0 Å². The Kier molecular flexibility index (Phi) is 5.43. The van der Waals surface area contributed by atoms with Gasteiger partial charge in [-0.05, 0) is 61.8 Å². The standard InChI is InChI=1S/C19H21FN2O2/c20-16-8-5-15(6-9-16)7-10-19(23)21-14-17(18-4-3-13-24-18)22-11-1-2-12-22/h3-10,13,17H,1-2,11-12,14H2,(H,21,23)/b10-7+/t17-/m0/s1. The molecular weight excluding hydrogens is 307 g/mol. The van der Waals surface area contributed by atoms with E-state index in [2.05, 4.69) is 10.2 Å². The third-order valence-corrected chi connectivity index (χ3v) is 4.22. The zero-order valence-corrected chi connectivity index (χ0v) is 13.5. The molecule has 1 saturated heterocycles. The van der Waals surface area contributed by atoms with Gasteiger partial charge in [0.2, 0.25) is 5.91 Å². The molecule has 1 fully saturated rings. The zero-order chi connectivity index (χ0) is 16.8. The average molecular weight is 328 g/mol. The largest absolute Gasteiger partial charge is 0.468 e. The van der Waals surface area contributed by atoms with Crippen molar-refractivity contribution in [3.63, 3.8) is 0 Å². The first-order valence-corrected chi connectivity index (χ1v) is 8.21. The van der Waals surface area contributed by atoms with Gasteiger partial charge in [-0.25, -0.2) is 4.39 Å². The number of hydrogen-bond donors (Lipinski definition) is 1. The van der Waals surface area contributed by atoms with Gasteiger partial charge < -0.3 is 9.73 Å². The van der Waals surface area contributed by atoms with E-state index in [4.69, 9.17) is 4.42 Å². The zero-order valence-electron chi connectivity index (χ0n) is 13.5. The molecule has 2 aromatic rings. The van der Waals surface area contributed by atoms with Crippen LogP contribution in [0.1, 0.15) is 30.2 Å². The topological polar surface area (TPSA) is 45.5 Å². The Balaban J connectivity index is 1.57. The first-order chi connectivity index (χ1) is 11.7. The molecule has 1 amide bonds. The van der Waals surface area contributed by atoms with Crippen molar-refractivity contribution in [2.45, 2.75) is 18.9 Å². The third-order valence-electron chi connectivity index (χ3n) is 4.22. The van der Waals surface area contributed by atoms with Crippen LogP contribution in [0.2, 0.25) is 0 Å². The smallest absolute Gasteiger partial charge is 0.244 e. The second-order valence-electron chi connectivity index (χ2n) is 5.90. The molecular formula is C19H21FN2O2. The van der Waals surface area contributed by atoms with Crippen LogP contribution in [0.25, 0.3) is 6.08 Å². The van der Waals surface area contributed by atoms with E-state index >= 15 is 0 Å². The van der Waals surface area contributed by atoms with E-state index in [0.717, 1.165) is 24.4 Å². The minimum atomic E-state index is -0.288.